The van der Waals surface area contributed by atoms with E-state index < -0.39 is 52.3 Å². The normalized spacial score (nSPS) is 16.9. The Morgan fingerprint density at radius 3 is 2.03 bits per heavy atom. The van der Waals surface area contributed by atoms with E-state index in [2.05, 4.69) is 15.4 Å². The van der Waals surface area contributed by atoms with Crippen LogP contribution in [0.3, 0.4) is 0 Å². The van der Waals surface area contributed by atoms with Gasteiger partial charge in [0.05, 0.1) is 4.91 Å². The zero-order valence-electron chi connectivity index (χ0n) is 21.1. The number of aliphatic carboxylic acids is 1. The van der Waals surface area contributed by atoms with Gasteiger partial charge in [0, 0.05) is 18.9 Å². The number of amides is 3. The summed E-state index contributed by atoms with van der Waals surface area (Å²) in [7, 11) is -3.45. The van der Waals surface area contributed by atoms with Crippen LogP contribution < -0.4 is 15.4 Å². The SMILES string of the molecule is CC(C)(C)OC(=O)NC(Cc1ccccc1)C(=O)N[C@@H](Cc1ccc(C2=CC(=O)NS2(O)O)cc1)C(=O)O. The molecule has 0 radical (unpaired) electrons. The van der Waals surface area contributed by atoms with Crippen LogP contribution in [0.15, 0.2) is 60.7 Å². The maximum Gasteiger partial charge on any atom is 0.408 e. The van der Waals surface area contributed by atoms with E-state index in [0.717, 1.165) is 11.6 Å². The Balaban J connectivity index is 1.73. The van der Waals surface area contributed by atoms with Gasteiger partial charge >= 0.3 is 12.1 Å². The van der Waals surface area contributed by atoms with E-state index in [1.54, 1.807) is 57.2 Å². The smallest absolute Gasteiger partial charge is 0.408 e. The van der Waals surface area contributed by atoms with E-state index in [9.17, 15) is 33.4 Å². The molecule has 3 amide bonds. The molecule has 0 aromatic heterocycles. The van der Waals surface area contributed by atoms with Crippen LogP contribution in [0.2, 0.25) is 0 Å². The third kappa shape index (κ3) is 8.07. The van der Waals surface area contributed by atoms with E-state index in [1.807, 2.05) is 6.07 Å². The molecule has 1 aliphatic rings. The van der Waals surface area contributed by atoms with Gasteiger partial charge in [0.15, 0.2) is 0 Å². The Labute approximate surface area is 221 Å². The summed E-state index contributed by atoms with van der Waals surface area (Å²) < 4.78 is 27.4. The van der Waals surface area contributed by atoms with Gasteiger partial charge in [-0.25, -0.2) is 14.3 Å². The zero-order chi connectivity index (χ0) is 28.1. The van der Waals surface area contributed by atoms with Crippen molar-refractivity contribution in [1.82, 2.24) is 15.4 Å². The number of carboxylic acids is 1. The Morgan fingerprint density at radius 2 is 1.50 bits per heavy atom. The molecule has 11 nitrogen and oxygen atoms in total. The molecule has 0 fully saturated rings. The monoisotopic (exact) mass is 545 g/mol. The number of alkyl carbamates (subject to hydrolysis) is 1. The summed E-state index contributed by atoms with van der Waals surface area (Å²) in [4.78, 5) is 49.1. The second-order valence-corrected chi connectivity index (χ2v) is 11.5. The Hall–Kier alpha value is -3.87. The van der Waals surface area contributed by atoms with Crippen molar-refractivity contribution in [2.75, 3.05) is 0 Å². The van der Waals surface area contributed by atoms with Gasteiger partial charge in [-0.15, -0.1) is 0 Å². The van der Waals surface area contributed by atoms with Crippen molar-refractivity contribution in [3.8, 4) is 0 Å². The summed E-state index contributed by atoms with van der Waals surface area (Å²) in [5, 5.41) is 14.8. The van der Waals surface area contributed by atoms with Crippen molar-refractivity contribution in [3.05, 3.63) is 77.4 Å². The molecule has 1 aliphatic heterocycles. The van der Waals surface area contributed by atoms with Gasteiger partial charge in [-0.3, -0.25) is 18.7 Å². The van der Waals surface area contributed by atoms with Crippen LogP contribution in [0, 0.1) is 0 Å². The number of hydrogen-bond acceptors (Lipinski definition) is 7. The lowest BCUT2D eigenvalue weighted by molar-refractivity contribution is -0.142. The molecular formula is C26H31N3O8S. The maximum absolute atomic E-state index is 13.1. The fourth-order valence-electron chi connectivity index (χ4n) is 3.70. The molecule has 12 heteroatoms. The Kier molecular flexibility index (Phi) is 8.82. The highest BCUT2D eigenvalue weighted by Gasteiger charge is 2.31. The maximum atomic E-state index is 13.1. The van der Waals surface area contributed by atoms with Crippen molar-refractivity contribution < 1.29 is 38.1 Å². The van der Waals surface area contributed by atoms with Crippen LogP contribution in [0.25, 0.3) is 4.91 Å². The van der Waals surface area contributed by atoms with Crippen molar-refractivity contribution >= 4 is 39.6 Å². The molecule has 0 spiro atoms. The standard InChI is InChI=1S/C26H31N3O8S/c1-26(2,3)37-25(34)28-19(13-16-7-5-4-6-8-16)23(31)27-20(24(32)33)14-17-9-11-18(12-10-17)21-15-22(30)29-38(21,35)36/h4-12,15,19-20,35-36H,13-14H2,1-3H3,(H,27,31)(H,28,34)(H,29,30)(H,32,33)/t19?,20-/m0/s1. The van der Waals surface area contributed by atoms with Gasteiger partial charge in [0.25, 0.3) is 5.91 Å². The van der Waals surface area contributed by atoms with Gasteiger partial charge in [-0.1, -0.05) is 65.4 Å². The number of carboxylic acid groups (broad SMARTS) is 1. The molecule has 2 atom stereocenters. The molecule has 1 heterocycles. The minimum Gasteiger partial charge on any atom is -0.480 e. The quantitative estimate of drug-likeness (QED) is 0.279. The summed E-state index contributed by atoms with van der Waals surface area (Å²) in [5.74, 6) is -2.60. The molecular weight excluding hydrogens is 514 g/mol. The lowest BCUT2D eigenvalue weighted by Gasteiger charge is -2.29. The minimum absolute atomic E-state index is 0.0362. The molecule has 1 unspecified atom stereocenters. The topological polar surface area (TPSA) is 174 Å². The highest BCUT2D eigenvalue weighted by molar-refractivity contribution is 8.31. The van der Waals surface area contributed by atoms with Crippen molar-refractivity contribution in [3.63, 3.8) is 0 Å². The number of rotatable bonds is 9. The van der Waals surface area contributed by atoms with Gasteiger partial charge in [-0.2, -0.15) is 0 Å². The fraction of sp³-hybridized carbons (Fsp3) is 0.308. The van der Waals surface area contributed by atoms with Crippen molar-refractivity contribution in [2.24, 2.45) is 0 Å². The highest BCUT2D eigenvalue weighted by Crippen LogP contribution is 2.52. The van der Waals surface area contributed by atoms with Gasteiger partial charge in [0.2, 0.25) is 5.91 Å². The first-order chi connectivity index (χ1) is 17.7. The highest BCUT2D eigenvalue weighted by atomic mass is 32.3. The fourth-order valence-corrected chi connectivity index (χ4v) is 4.88. The first-order valence-corrected chi connectivity index (χ1v) is 13.3. The van der Waals surface area contributed by atoms with E-state index in [0.29, 0.717) is 11.1 Å². The minimum atomic E-state index is -3.45. The number of benzene rings is 2. The van der Waals surface area contributed by atoms with E-state index in [4.69, 9.17) is 4.74 Å². The zero-order valence-corrected chi connectivity index (χ0v) is 22.0. The third-order valence-corrected chi connectivity index (χ3v) is 6.85. The molecule has 0 saturated heterocycles. The van der Waals surface area contributed by atoms with Crippen LogP contribution in [0.4, 0.5) is 4.79 Å². The predicted molar refractivity (Wildman–Crippen MR) is 142 cm³/mol. The molecule has 0 saturated carbocycles. The molecule has 2 aromatic carbocycles. The number of ether oxygens (including phenoxy) is 1. The van der Waals surface area contributed by atoms with Gasteiger partial charge < -0.3 is 20.5 Å². The molecule has 6 N–H and O–H groups in total. The van der Waals surface area contributed by atoms with Crippen LogP contribution in [-0.4, -0.2) is 55.8 Å². The Morgan fingerprint density at radius 1 is 0.921 bits per heavy atom. The van der Waals surface area contributed by atoms with Crippen LogP contribution >= 0.6 is 10.8 Å². The van der Waals surface area contributed by atoms with Gasteiger partial charge in [0.1, 0.15) is 17.7 Å². The second kappa shape index (κ2) is 11.7. The average molecular weight is 546 g/mol. The van der Waals surface area contributed by atoms with E-state index >= 15 is 0 Å². The Bertz CT molecular complexity index is 1220. The number of carbonyl (C=O) groups is 4. The third-order valence-electron chi connectivity index (χ3n) is 5.39. The van der Waals surface area contributed by atoms with Crippen molar-refractivity contribution in [1.29, 1.82) is 0 Å². The summed E-state index contributed by atoms with van der Waals surface area (Å²) in [6, 6.07) is 12.7. The number of nitrogens with one attached hydrogen (secondary N) is 3. The van der Waals surface area contributed by atoms with E-state index in [1.165, 1.54) is 12.1 Å². The second-order valence-electron chi connectivity index (χ2n) is 9.71. The first-order valence-electron chi connectivity index (χ1n) is 11.7. The van der Waals surface area contributed by atoms with Gasteiger partial charge in [-0.05, 0) is 37.5 Å². The largest absolute Gasteiger partial charge is 0.480 e. The first kappa shape index (κ1) is 28.7. The lowest BCUT2D eigenvalue weighted by atomic mass is 10.0. The summed E-state index contributed by atoms with van der Waals surface area (Å²) >= 11 is 0. The molecule has 2 aromatic rings. The lowest BCUT2D eigenvalue weighted by Crippen LogP contribution is -2.53. The van der Waals surface area contributed by atoms with Crippen molar-refractivity contribution in [2.45, 2.75) is 51.3 Å². The molecule has 0 bridgehead atoms. The van der Waals surface area contributed by atoms with Crippen LogP contribution in [0.1, 0.15) is 37.5 Å². The predicted octanol–water partition coefficient (Wildman–Crippen LogP) is 3.07. The average Bonchev–Trinajstić information content (AvgIpc) is 3.09. The summed E-state index contributed by atoms with van der Waals surface area (Å²) in [6.45, 7) is 5.06. The number of carbonyl (C=O) groups excluding carboxylic acids is 3. The molecule has 3 rings (SSSR count). The van der Waals surface area contributed by atoms with E-state index in [-0.39, 0.29) is 17.7 Å². The summed E-state index contributed by atoms with van der Waals surface area (Å²) in [6.07, 6.45) is 0.311. The summed E-state index contributed by atoms with van der Waals surface area (Å²) in [5.41, 5.74) is 0.882. The van der Waals surface area contributed by atoms with Crippen LogP contribution in [0.5, 0.6) is 0 Å². The van der Waals surface area contributed by atoms with Crippen LogP contribution in [-0.2, 0) is 32.0 Å². The molecule has 204 valence electrons. The molecule has 0 aliphatic carbocycles. The number of hydrogen-bond donors (Lipinski definition) is 6. The molecule has 38 heavy (non-hydrogen) atoms.